The third-order valence-corrected chi connectivity index (χ3v) is 3.45. The average molecular weight is 315 g/mol. The van der Waals surface area contributed by atoms with Crippen LogP contribution in [-0.4, -0.2) is 57.7 Å². The molecule has 0 spiro atoms. The second-order valence-corrected chi connectivity index (χ2v) is 4.90. The lowest BCUT2D eigenvalue weighted by molar-refractivity contribution is -0.117. The van der Waals surface area contributed by atoms with Crippen molar-refractivity contribution in [2.24, 2.45) is 5.73 Å². The number of methoxy groups -OCH3 is 1. The Kier molecular flexibility index (Phi) is 4.76. The van der Waals surface area contributed by atoms with E-state index in [1.165, 1.54) is 7.11 Å². The van der Waals surface area contributed by atoms with Crippen molar-refractivity contribution in [3.63, 3.8) is 0 Å². The SMILES string of the molecule is COC1[C@@H](O)[C@@H](CO)O[C@H]1n1cc(CC(N)=O)c(=O)[nH]c1=O. The lowest BCUT2D eigenvalue weighted by Gasteiger charge is -2.20. The average Bonchev–Trinajstić information content (AvgIpc) is 2.77. The van der Waals surface area contributed by atoms with Crippen LogP contribution in [0.4, 0.5) is 0 Å². The van der Waals surface area contributed by atoms with Crippen molar-refractivity contribution in [3.05, 3.63) is 32.6 Å². The largest absolute Gasteiger partial charge is 0.394 e. The van der Waals surface area contributed by atoms with E-state index in [1.807, 2.05) is 4.98 Å². The quantitative estimate of drug-likeness (QED) is 0.446. The molecule has 1 unspecified atom stereocenters. The molecule has 2 heterocycles. The summed E-state index contributed by atoms with van der Waals surface area (Å²) >= 11 is 0. The van der Waals surface area contributed by atoms with Crippen LogP contribution in [0.5, 0.6) is 0 Å². The molecule has 1 aromatic heterocycles. The first-order chi connectivity index (χ1) is 10.4. The molecule has 0 aliphatic carbocycles. The van der Waals surface area contributed by atoms with Gasteiger partial charge in [0, 0.05) is 18.9 Å². The summed E-state index contributed by atoms with van der Waals surface area (Å²) in [5.74, 6) is -0.736. The number of primary amides is 1. The molecule has 1 saturated heterocycles. The zero-order valence-corrected chi connectivity index (χ0v) is 11.8. The molecule has 22 heavy (non-hydrogen) atoms. The highest BCUT2D eigenvalue weighted by molar-refractivity contribution is 5.76. The number of aliphatic hydroxyl groups is 2. The molecule has 5 N–H and O–H groups in total. The lowest BCUT2D eigenvalue weighted by Crippen LogP contribution is -2.40. The molecule has 122 valence electrons. The molecule has 0 saturated carbocycles. The number of carbonyl (C=O) groups excluding carboxylic acids is 1. The van der Waals surface area contributed by atoms with Gasteiger partial charge in [-0.3, -0.25) is 19.1 Å². The molecule has 10 nitrogen and oxygen atoms in total. The number of nitrogens with zero attached hydrogens (tertiary/aromatic N) is 1. The zero-order chi connectivity index (χ0) is 16.4. The molecule has 0 radical (unpaired) electrons. The number of rotatable bonds is 5. The van der Waals surface area contributed by atoms with Crippen LogP contribution >= 0.6 is 0 Å². The second kappa shape index (κ2) is 6.40. The molecule has 2 rings (SSSR count). The first-order valence-corrected chi connectivity index (χ1v) is 6.48. The van der Waals surface area contributed by atoms with Gasteiger partial charge in [-0.1, -0.05) is 0 Å². The van der Waals surface area contributed by atoms with Gasteiger partial charge in [-0.25, -0.2) is 4.79 Å². The van der Waals surface area contributed by atoms with Gasteiger partial charge < -0.3 is 25.4 Å². The Hall–Kier alpha value is -2.01. The Balaban J connectivity index is 2.45. The van der Waals surface area contributed by atoms with Gasteiger partial charge >= 0.3 is 5.69 Å². The summed E-state index contributed by atoms with van der Waals surface area (Å²) in [6.45, 7) is -0.468. The van der Waals surface area contributed by atoms with Crippen LogP contribution in [0.1, 0.15) is 11.8 Å². The molecule has 0 bridgehead atoms. The van der Waals surface area contributed by atoms with Crippen molar-refractivity contribution in [2.75, 3.05) is 13.7 Å². The minimum atomic E-state index is -1.15. The summed E-state index contributed by atoms with van der Waals surface area (Å²) in [4.78, 5) is 36.6. The van der Waals surface area contributed by atoms with Crippen molar-refractivity contribution in [3.8, 4) is 0 Å². The van der Waals surface area contributed by atoms with Crippen molar-refractivity contribution >= 4 is 5.91 Å². The first kappa shape index (κ1) is 16.4. The Morgan fingerprint density at radius 1 is 1.55 bits per heavy atom. The van der Waals surface area contributed by atoms with E-state index < -0.39 is 48.3 Å². The summed E-state index contributed by atoms with van der Waals surface area (Å²) in [6, 6.07) is 0. The monoisotopic (exact) mass is 315 g/mol. The van der Waals surface area contributed by atoms with Crippen LogP contribution in [0.2, 0.25) is 0 Å². The van der Waals surface area contributed by atoms with Gasteiger partial charge in [0.25, 0.3) is 5.56 Å². The zero-order valence-electron chi connectivity index (χ0n) is 11.8. The molecule has 1 amide bonds. The highest BCUT2D eigenvalue weighted by atomic mass is 16.6. The minimum absolute atomic E-state index is 0.0208. The fraction of sp³-hybridized carbons (Fsp3) is 0.583. The molecule has 1 aliphatic rings. The maximum atomic E-state index is 11.9. The van der Waals surface area contributed by atoms with E-state index in [1.54, 1.807) is 0 Å². The van der Waals surface area contributed by atoms with E-state index >= 15 is 0 Å². The van der Waals surface area contributed by atoms with Crippen LogP contribution in [0, 0.1) is 0 Å². The summed E-state index contributed by atoms with van der Waals surface area (Å²) in [7, 11) is 1.31. The van der Waals surface area contributed by atoms with Gasteiger partial charge in [0.1, 0.15) is 18.3 Å². The predicted octanol–water partition coefficient (Wildman–Crippen LogP) is -3.17. The summed E-state index contributed by atoms with van der Waals surface area (Å²) in [6.07, 6.45) is -3.30. The van der Waals surface area contributed by atoms with Gasteiger partial charge in [0.15, 0.2) is 6.23 Å². The number of hydrogen-bond donors (Lipinski definition) is 4. The van der Waals surface area contributed by atoms with Gasteiger partial charge in [-0.2, -0.15) is 0 Å². The second-order valence-electron chi connectivity index (χ2n) is 4.90. The normalized spacial score (nSPS) is 28.0. The number of aromatic amines is 1. The van der Waals surface area contributed by atoms with E-state index in [2.05, 4.69) is 0 Å². The molecule has 1 aromatic rings. The molecular formula is C12H17N3O7. The van der Waals surface area contributed by atoms with E-state index in [0.717, 1.165) is 10.8 Å². The molecule has 1 fully saturated rings. The number of carbonyl (C=O) groups is 1. The van der Waals surface area contributed by atoms with Gasteiger partial charge in [0.05, 0.1) is 13.0 Å². The predicted molar refractivity (Wildman–Crippen MR) is 72.0 cm³/mol. The summed E-state index contributed by atoms with van der Waals surface area (Å²) in [5, 5.41) is 19.1. The molecular weight excluding hydrogens is 298 g/mol. The number of hydrogen-bond acceptors (Lipinski definition) is 7. The van der Waals surface area contributed by atoms with Gasteiger partial charge in [0.2, 0.25) is 5.91 Å². The fourth-order valence-electron chi connectivity index (χ4n) is 2.38. The van der Waals surface area contributed by atoms with Crippen LogP contribution in [-0.2, 0) is 20.7 Å². The van der Waals surface area contributed by atoms with Crippen molar-refractivity contribution < 1.29 is 24.5 Å². The lowest BCUT2D eigenvalue weighted by atomic mass is 10.1. The molecule has 0 aromatic carbocycles. The standard InChI is InChI=1S/C12H17N3O7/c1-21-9-8(18)6(4-16)22-11(9)15-3-5(2-7(13)17)10(19)14-12(15)20/h3,6,8-9,11,16,18H,2,4H2,1H3,(H2,13,17)(H,14,19,20)/t6-,8+,9?,11-/m1/s1. The Morgan fingerprint density at radius 3 is 2.77 bits per heavy atom. The fourth-order valence-corrected chi connectivity index (χ4v) is 2.38. The van der Waals surface area contributed by atoms with E-state index in [9.17, 15) is 19.5 Å². The number of ether oxygens (including phenoxy) is 2. The number of nitrogens with one attached hydrogen (secondary N) is 1. The van der Waals surface area contributed by atoms with Crippen molar-refractivity contribution in [1.82, 2.24) is 9.55 Å². The smallest absolute Gasteiger partial charge is 0.330 e. The minimum Gasteiger partial charge on any atom is -0.394 e. The van der Waals surface area contributed by atoms with Crippen LogP contribution in [0.3, 0.4) is 0 Å². The van der Waals surface area contributed by atoms with E-state index in [4.69, 9.17) is 20.3 Å². The highest BCUT2D eigenvalue weighted by Crippen LogP contribution is 2.30. The topological polar surface area (TPSA) is 157 Å². The van der Waals surface area contributed by atoms with Crippen LogP contribution in [0.25, 0.3) is 0 Å². The third-order valence-electron chi connectivity index (χ3n) is 3.45. The Bertz CT molecular complexity index is 667. The van der Waals surface area contributed by atoms with Gasteiger partial charge in [-0.05, 0) is 0 Å². The molecule has 1 aliphatic heterocycles. The summed E-state index contributed by atoms with van der Waals surface area (Å²) in [5.41, 5.74) is 3.50. The number of amides is 1. The number of aliphatic hydroxyl groups excluding tert-OH is 2. The third kappa shape index (κ3) is 2.95. The Morgan fingerprint density at radius 2 is 2.23 bits per heavy atom. The van der Waals surface area contributed by atoms with Crippen molar-refractivity contribution in [2.45, 2.75) is 31.0 Å². The number of nitrogens with two attached hydrogens (primary N) is 1. The number of H-pyrrole nitrogens is 1. The highest BCUT2D eigenvalue weighted by Gasteiger charge is 2.45. The number of aromatic nitrogens is 2. The maximum Gasteiger partial charge on any atom is 0.330 e. The Labute approximate surface area is 124 Å². The van der Waals surface area contributed by atoms with E-state index in [0.29, 0.717) is 0 Å². The molecule has 10 heteroatoms. The van der Waals surface area contributed by atoms with Crippen LogP contribution < -0.4 is 17.0 Å². The first-order valence-electron chi connectivity index (χ1n) is 6.48. The van der Waals surface area contributed by atoms with E-state index in [-0.39, 0.29) is 12.0 Å². The van der Waals surface area contributed by atoms with Gasteiger partial charge in [-0.15, -0.1) is 0 Å². The molecule has 4 atom stereocenters. The van der Waals surface area contributed by atoms with Crippen molar-refractivity contribution in [1.29, 1.82) is 0 Å². The van der Waals surface area contributed by atoms with Crippen LogP contribution in [0.15, 0.2) is 15.8 Å². The maximum absolute atomic E-state index is 11.9. The summed E-state index contributed by atoms with van der Waals surface area (Å²) < 4.78 is 11.5.